The maximum absolute atomic E-state index is 6.09. The summed E-state index contributed by atoms with van der Waals surface area (Å²) in [6, 6.07) is 15.5. The summed E-state index contributed by atoms with van der Waals surface area (Å²) in [5.41, 5.74) is 5.10. The molecule has 1 aliphatic carbocycles. The minimum atomic E-state index is 0.746. The van der Waals surface area contributed by atoms with Crippen molar-refractivity contribution < 1.29 is 0 Å². The highest BCUT2D eigenvalue weighted by Gasteiger charge is 2.19. The standard InChI is InChI=1S/C17H18ClN/c1-12-5-6-13(11-19-16-7-8-16)9-17(12)14-3-2-4-15(18)10-14/h2-6,9-10,16,19H,7-8,11H2,1H3. The molecule has 0 unspecified atom stereocenters. The fraction of sp³-hybridized carbons (Fsp3) is 0.294. The van der Waals surface area contributed by atoms with Crippen LogP contribution in [0.3, 0.4) is 0 Å². The van der Waals surface area contributed by atoms with E-state index < -0.39 is 0 Å². The Bertz CT molecular complexity index is 588. The molecule has 0 radical (unpaired) electrons. The van der Waals surface area contributed by atoms with Crippen LogP contribution in [0.2, 0.25) is 5.02 Å². The van der Waals surface area contributed by atoms with Crippen LogP contribution in [0, 0.1) is 6.92 Å². The Morgan fingerprint density at radius 1 is 1.16 bits per heavy atom. The van der Waals surface area contributed by atoms with Gasteiger partial charge >= 0.3 is 0 Å². The Kier molecular flexibility index (Phi) is 3.58. The van der Waals surface area contributed by atoms with Crippen molar-refractivity contribution in [3.05, 3.63) is 58.6 Å². The number of halogens is 1. The van der Waals surface area contributed by atoms with Gasteiger partial charge in [0.2, 0.25) is 0 Å². The molecule has 1 fully saturated rings. The average Bonchev–Trinajstić information content (AvgIpc) is 3.22. The van der Waals surface area contributed by atoms with Gasteiger partial charge in [0.05, 0.1) is 0 Å². The van der Waals surface area contributed by atoms with Gasteiger partial charge in [0, 0.05) is 17.6 Å². The lowest BCUT2D eigenvalue weighted by Gasteiger charge is -2.10. The summed E-state index contributed by atoms with van der Waals surface area (Å²) in [5, 5.41) is 4.35. The predicted octanol–water partition coefficient (Wildman–Crippen LogP) is 4.57. The first-order valence-corrected chi connectivity index (χ1v) is 7.19. The second-order valence-corrected chi connectivity index (χ2v) is 5.75. The summed E-state index contributed by atoms with van der Waals surface area (Å²) in [6.45, 7) is 3.10. The first kappa shape index (κ1) is 12.7. The van der Waals surface area contributed by atoms with Gasteiger partial charge in [-0.15, -0.1) is 0 Å². The molecule has 0 aliphatic heterocycles. The summed E-state index contributed by atoms with van der Waals surface area (Å²) in [4.78, 5) is 0. The van der Waals surface area contributed by atoms with E-state index in [2.05, 4.69) is 36.5 Å². The molecule has 1 N–H and O–H groups in total. The van der Waals surface area contributed by atoms with E-state index in [0.717, 1.165) is 17.6 Å². The van der Waals surface area contributed by atoms with Gasteiger partial charge in [-0.2, -0.15) is 0 Å². The fourth-order valence-corrected chi connectivity index (χ4v) is 2.49. The molecule has 1 aliphatic rings. The van der Waals surface area contributed by atoms with Gasteiger partial charge < -0.3 is 5.32 Å². The van der Waals surface area contributed by atoms with Gasteiger partial charge in [-0.25, -0.2) is 0 Å². The number of benzene rings is 2. The normalized spacial score (nSPS) is 14.6. The third-order valence-electron chi connectivity index (χ3n) is 3.61. The molecule has 3 rings (SSSR count). The highest BCUT2D eigenvalue weighted by atomic mass is 35.5. The summed E-state index contributed by atoms with van der Waals surface area (Å²) in [5.74, 6) is 0. The molecule has 1 nitrogen and oxygen atoms in total. The highest BCUT2D eigenvalue weighted by molar-refractivity contribution is 6.30. The van der Waals surface area contributed by atoms with Crippen molar-refractivity contribution in [2.24, 2.45) is 0 Å². The highest BCUT2D eigenvalue weighted by Crippen LogP contribution is 2.27. The van der Waals surface area contributed by atoms with Crippen molar-refractivity contribution in [3.8, 4) is 11.1 Å². The van der Waals surface area contributed by atoms with Crippen molar-refractivity contribution in [2.75, 3.05) is 0 Å². The Morgan fingerprint density at radius 2 is 2.00 bits per heavy atom. The second kappa shape index (κ2) is 5.36. The maximum atomic E-state index is 6.09. The lowest BCUT2D eigenvalue weighted by Crippen LogP contribution is -2.15. The zero-order chi connectivity index (χ0) is 13.2. The molecule has 98 valence electrons. The van der Waals surface area contributed by atoms with Crippen LogP contribution in [0.4, 0.5) is 0 Å². The molecule has 0 aromatic heterocycles. The first-order chi connectivity index (χ1) is 9.22. The molecular formula is C17H18ClN. The lowest BCUT2D eigenvalue weighted by molar-refractivity contribution is 0.688. The van der Waals surface area contributed by atoms with E-state index in [1.54, 1.807) is 0 Å². The van der Waals surface area contributed by atoms with E-state index in [0.29, 0.717) is 0 Å². The molecule has 19 heavy (non-hydrogen) atoms. The molecule has 0 saturated heterocycles. The van der Waals surface area contributed by atoms with Crippen LogP contribution in [0.25, 0.3) is 11.1 Å². The van der Waals surface area contributed by atoms with Crippen LogP contribution in [-0.4, -0.2) is 6.04 Å². The van der Waals surface area contributed by atoms with Crippen LogP contribution in [0.1, 0.15) is 24.0 Å². The molecule has 0 atom stereocenters. The van der Waals surface area contributed by atoms with Crippen molar-refractivity contribution in [1.29, 1.82) is 0 Å². The molecule has 2 aromatic carbocycles. The molecule has 0 amide bonds. The van der Waals surface area contributed by atoms with Crippen molar-refractivity contribution in [2.45, 2.75) is 32.4 Å². The SMILES string of the molecule is Cc1ccc(CNC2CC2)cc1-c1cccc(Cl)c1. The van der Waals surface area contributed by atoms with Gasteiger partial charge in [0.25, 0.3) is 0 Å². The van der Waals surface area contributed by atoms with Gasteiger partial charge in [-0.1, -0.05) is 35.9 Å². The molecule has 0 heterocycles. The zero-order valence-electron chi connectivity index (χ0n) is 11.1. The lowest BCUT2D eigenvalue weighted by atomic mass is 9.98. The average molecular weight is 272 g/mol. The monoisotopic (exact) mass is 271 g/mol. The third kappa shape index (κ3) is 3.17. The second-order valence-electron chi connectivity index (χ2n) is 5.31. The summed E-state index contributed by atoms with van der Waals surface area (Å²) < 4.78 is 0. The fourth-order valence-electron chi connectivity index (χ4n) is 2.30. The largest absolute Gasteiger partial charge is 0.310 e. The molecule has 0 bridgehead atoms. The van der Waals surface area contributed by atoms with Gasteiger partial charge in [0.15, 0.2) is 0 Å². The number of hydrogen-bond donors (Lipinski definition) is 1. The van der Waals surface area contributed by atoms with E-state index in [4.69, 9.17) is 11.6 Å². The Balaban J connectivity index is 1.88. The molecular weight excluding hydrogens is 254 g/mol. The van der Waals surface area contributed by atoms with Crippen LogP contribution in [0.5, 0.6) is 0 Å². The smallest absolute Gasteiger partial charge is 0.0412 e. The summed E-state index contributed by atoms with van der Waals surface area (Å²) in [6.07, 6.45) is 2.65. The van der Waals surface area contributed by atoms with Crippen LogP contribution in [0.15, 0.2) is 42.5 Å². The molecule has 2 heteroatoms. The number of nitrogens with one attached hydrogen (secondary N) is 1. The van der Waals surface area contributed by atoms with E-state index in [1.807, 2.05) is 18.2 Å². The number of hydrogen-bond acceptors (Lipinski definition) is 1. The molecule has 1 saturated carbocycles. The van der Waals surface area contributed by atoms with E-state index >= 15 is 0 Å². The Morgan fingerprint density at radius 3 is 2.74 bits per heavy atom. The summed E-state index contributed by atoms with van der Waals surface area (Å²) in [7, 11) is 0. The van der Waals surface area contributed by atoms with E-state index in [9.17, 15) is 0 Å². The van der Waals surface area contributed by atoms with Crippen LogP contribution in [-0.2, 0) is 6.54 Å². The van der Waals surface area contributed by atoms with Crippen molar-refractivity contribution in [1.82, 2.24) is 5.32 Å². The van der Waals surface area contributed by atoms with Crippen LogP contribution < -0.4 is 5.32 Å². The Hall–Kier alpha value is -1.31. The Labute approximate surface area is 119 Å². The van der Waals surface area contributed by atoms with E-state index in [1.165, 1.54) is 35.1 Å². The number of aryl methyl sites for hydroxylation is 1. The molecule has 2 aromatic rings. The van der Waals surface area contributed by atoms with Crippen molar-refractivity contribution in [3.63, 3.8) is 0 Å². The minimum Gasteiger partial charge on any atom is -0.310 e. The van der Waals surface area contributed by atoms with Gasteiger partial charge in [-0.3, -0.25) is 0 Å². The van der Waals surface area contributed by atoms with E-state index in [-0.39, 0.29) is 0 Å². The topological polar surface area (TPSA) is 12.0 Å². The van der Waals surface area contributed by atoms with Gasteiger partial charge in [-0.05, 0) is 60.2 Å². The number of rotatable bonds is 4. The summed E-state index contributed by atoms with van der Waals surface area (Å²) >= 11 is 6.09. The predicted molar refractivity (Wildman–Crippen MR) is 81.5 cm³/mol. The zero-order valence-corrected chi connectivity index (χ0v) is 11.9. The van der Waals surface area contributed by atoms with Gasteiger partial charge in [0.1, 0.15) is 0 Å². The quantitative estimate of drug-likeness (QED) is 0.859. The maximum Gasteiger partial charge on any atom is 0.0412 e. The van der Waals surface area contributed by atoms with Crippen LogP contribution >= 0.6 is 11.6 Å². The third-order valence-corrected chi connectivity index (χ3v) is 3.84. The first-order valence-electron chi connectivity index (χ1n) is 6.81. The minimum absolute atomic E-state index is 0.746. The molecule has 0 spiro atoms. The van der Waals surface area contributed by atoms with Crippen molar-refractivity contribution >= 4 is 11.6 Å².